The molecular weight excluding hydrogens is 196 g/mol. The molecule has 0 amide bonds. The highest BCUT2D eigenvalue weighted by Crippen LogP contribution is 2.32. The Balaban J connectivity index is 2.14. The molecule has 1 atom stereocenters. The monoisotopic (exact) mass is 214 g/mol. The third kappa shape index (κ3) is 2.01. The average molecular weight is 214 g/mol. The fourth-order valence-corrected chi connectivity index (χ4v) is 2.90. The Morgan fingerprint density at radius 2 is 2.07 bits per heavy atom. The summed E-state index contributed by atoms with van der Waals surface area (Å²) in [5, 5.41) is 7.28. The lowest BCUT2D eigenvalue weighted by Gasteiger charge is -2.48. The van der Waals surface area contributed by atoms with E-state index in [9.17, 15) is 0 Å². The fourth-order valence-electron chi connectivity index (χ4n) is 2.44. The van der Waals surface area contributed by atoms with Gasteiger partial charge in [0.25, 0.3) is 0 Å². The van der Waals surface area contributed by atoms with Crippen molar-refractivity contribution in [2.75, 3.05) is 6.61 Å². The van der Waals surface area contributed by atoms with Crippen molar-refractivity contribution in [2.45, 2.75) is 50.8 Å². The van der Waals surface area contributed by atoms with Gasteiger partial charge in [-0.2, -0.15) is 0 Å². The van der Waals surface area contributed by atoms with Crippen molar-refractivity contribution >= 4 is 17.3 Å². The Hall–Kier alpha value is -0.350. The summed E-state index contributed by atoms with van der Waals surface area (Å²) >= 11 is 5.21. The van der Waals surface area contributed by atoms with Crippen LogP contribution >= 0.6 is 12.2 Å². The summed E-state index contributed by atoms with van der Waals surface area (Å²) in [5.74, 6) is 0. The van der Waals surface area contributed by atoms with Gasteiger partial charge in [0.15, 0.2) is 5.11 Å². The van der Waals surface area contributed by atoms with Gasteiger partial charge in [-0.25, -0.2) is 0 Å². The van der Waals surface area contributed by atoms with Crippen LogP contribution in [0, 0.1) is 0 Å². The Morgan fingerprint density at radius 3 is 2.64 bits per heavy atom. The number of hydrogen-bond donors (Lipinski definition) is 2. The SMILES string of the molecule is CC1(C)CC2(CCCCO2)NC(=S)N1. The van der Waals surface area contributed by atoms with Gasteiger partial charge in [0.2, 0.25) is 0 Å². The maximum absolute atomic E-state index is 5.87. The summed E-state index contributed by atoms with van der Waals surface area (Å²) in [6.45, 7) is 5.19. The summed E-state index contributed by atoms with van der Waals surface area (Å²) in [6, 6.07) is 0. The Morgan fingerprint density at radius 1 is 1.29 bits per heavy atom. The van der Waals surface area contributed by atoms with Crippen LogP contribution in [0.4, 0.5) is 0 Å². The molecule has 1 unspecified atom stereocenters. The van der Waals surface area contributed by atoms with Crippen LogP contribution in [-0.4, -0.2) is 23.0 Å². The number of nitrogens with one attached hydrogen (secondary N) is 2. The third-order valence-corrected chi connectivity index (χ3v) is 3.08. The highest BCUT2D eigenvalue weighted by molar-refractivity contribution is 7.80. The zero-order chi connectivity index (χ0) is 10.2. The largest absolute Gasteiger partial charge is 0.358 e. The Labute approximate surface area is 90.6 Å². The second kappa shape index (κ2) is 3.35. The van der Waals surface area contributed by atoms with E-state index in [0.717, 1.165) is 24.6 Å². The molecule has 0 bridgehead atoms. The first-order valence-electron chi connectivity index (χ1n) is 5.26. The molecule has 2 N–H and O–H groups in total. The van der Waals surface area contributed by atoms with Gasteiger partial charge in [-0.15, -0.1) is 0 Å². The summed E-state index contributed by atoms with van der Waals surface area (Å²) in [7, 11) is 0. The minimum atomic E-state index is -0.190. The van der Waals surface area contributed by atoms with Crippen LogP contribution in [-0.2, 0) is 4.74 Å². The molecular formula is C10H18N2OS. The molecule has 2 fully saturated rings. The van der Waals surface area contributed by atoms with Gasteiger partial charge >= 0.3 is 0 Å². The van der Waals surface area contributed by atoms with E-state index in [1.165, 1.54) is 12.8 Å². The minimum absolute atomic E-state index is 0.0413. The molecule has 3 nitrogen and oxygen atoms in total. The van der Waals surface area contributed by atoms with Crippen LogP contribution < -0.4 is 10.6 Å². The standard InChI is InChI=1S/C10H18N2OS/c1-9(2)7-10(12-8(14)11-9)5-3-4-6-13-10/h3-7H2,1-2H3,(H2,11,12,14). The van der Waals surface area contributed by atoms with Crippen molar-refractivity contribution in [3.8, 4) is 0 Å². The van der Waals surface area contributed by atoms with Gasteiger partial charge in [0, 0.05) is 18.6 Å². The normalized spacial score (nSPS) is 36.3. The molecule has 0 saturated carbocycles. The minimum Gasteiger partial charge on any atom is -0.358 e. The van der Waals surface area contributed by atoms with Gasteiger partial charge in [-0.05, 0) is 45.3 Å². The van der Waals surface area contributed by atoms with E-state index in [-0.39, 0.29) is 11.3 Å². The molecule has 0 aromatic carbocycles. The van der Waals surface area contributed by atoms with Crippen molar-refractivity contribution in [2.24, 2.45) is 0 Å². The molecule has 4 heteroatoms. The summed E-state index contributed by atoms with van der Waals surface area (Å²) in [5.41, 5.74) is -0.149. The maximum atomic E-state index is 5.87. The molecule has 0 aliphatic carbocycles. The second-order valence-electron chi connectivity index (χ2n) is 4.94. The molecule has 2 aliphatic heterocycles. The second-order valence-corrected chi connectivity index (χ2v) is 5.35. The number of rotatable bonds is 0. The van der Waals surface area contributed by atoms with Gasteiger partial charge in [0.1, 0.15) is 5.72 Å². The summed E-state index contributed by atoms with van der Waals surface area (Å²) < 4.78 is 5.87. The smallest absolute Gasteiger partial charge is 0.168 e. The van der Waals surface area contributed by atoms with Crippen molar-refractivity contribution in [3.63, 3.8) is 0 Å². The molecule has 0 radical (unpaired) electrons. The first-order valence-corrected chi connectivity index (χ1v) is 5.67. The zero-order valence-electron chi connectivity index (χ0n) is 8.85. The summed E-state index contributed by atoms with van der Waals surface area (Å²) in [6.07, 6.45) is 4.44. The first-order chi connectivity index (χ1) is 6.52. The Bertz CT molecular complexity index is 247. The van der Waals surface area contributed by atoms with Crippen LogP contribution in [0.1, 0.15) is 39.5 Å². The van der Waals surface area contributed by atoms with E-state index in [2.05, 4.69) is 24.5 Å². The lowest BCUT2D eigenvalue weighted by Crippen LogP contribution is -2.67. The molecule has 14 heavy (non-hydrogen) atoms. The van der Waals surface area contributed by atoms with Crippen LogP contribution in [0.2, 0.25) is 0 Å². The predicted molar refractivity (Wildman–Crippen MR) is 60.1 cm³/mol. The first kappa shape index (κ1) is 10.2. The zero-order valence-corrected chi connectivity index (χ0v) is 9.67. The van der Waals surface area contributed by atoms with E-state index < -0.39 is 0 Å². The van der Waals surface area contributed by atoms with Crippen molar-refractivity contribution in [1.29, 1.82) is 0 Å². The fraction of sp³-hybridized carbons (Fsp3) is 0.900. The molecule has 2 rings (SSSR count). The molecule has 0 aromatic rings. The predicted octanol–water partition coefficient (Wildman–Crippen LogP) is 1.53. The molecule has 0 aromatic heterocycles. The highest BCUT2D eigenvalue weighted by atomic mass is 32.1. The topological polar surface area (TPSA) is 33.3 Å². The lowest BCUT2D eigenvalue weighted by molar-refractivity contribution is -0.112. The van der Waals surface area contributed by atoms with Gasteiger partial charge in [0.05, 0.1) is 0 Å². The lowest BCUT2D eigenvalue weighted by atomic mass is 9.86. The van der Waals surface area contributed by atoms with Gasteiger partial charge in [-0.3, -0.25) is 0 Å². The quantitative estimate of drug-likeness (QED) is 0.599. The van der Waals surface area contributed by atoms with Gasteiger partial charge in [-0.1, -0.05) is 0 Å². The molecule has 2 heterocycles. The van der Waals surface area contributed by atoms with Crippen molar-refractivity contribution in [3.05, 3.63) is 0 Å². The number of thiocarbonyl (C=S) groups is 1. The van der Waals surface area contributed by atoms with E-state index >= 15 is 0 Å². The average Bonchev–Trinajstić information content (AvgIpc) is 2.00. The van der Waals surface area contributed by atoms with Crippen molar-refractivity contribution in [1.82, 2.24) is 10.6 Å². The molecule has 1 spiro atoms. The van der Waals surface area contributed by atoms with Gasteiger partial charge < -0.3 is 15.4 Å². The van der Waals surface area contributed by atoms with E-state index in [4.69, 9.17) is 17.0 Å². The highest BCUT2D eigenvalue weighted by Gasteiger charge is 2.43. The van der Waals surface area contributed by atoms with E-state index in [1.54, 1.807) is 0 Å². The molecule has 2 saturated heterocycles. The maximum Gasteiger partial charge on any atom is 0.168 e. The molecule has 80 valence electrons. The third-order valence-electron chi connectivity index (χ3n) is 2.87. The number of hydrogen-bond acceptors (Lipinski definition) is 2. The molecule has 2 aliphatic rings. The van der Waals surface area contributed by atoms with Crippen LogP contribution in [0.15, 0.2) is 0 Å². The van der Waals surface area contributed by atoms with Crippen LogP contribution in [0.5, 0.6) is 0 Å². The van der Waals surface area contributed by atoms with E-state index in [1.807, 2.05) is 0 Å². The Kier molecular flexibility index (Phi) is 2.43. The number of ether oxygens (including phenoxy) is 1. The van der Waals surface area contributed by atoms with Crippen LogP contribution in [0.25, 0.3) is 0 Å². The van der Waals surface area contributed by atoms with E-state index in [0.29, 0.717) is 0 Å². The van der Waals surface area contributed by atoms with Crippen LogP contribution in [0.3, 0.4) is 0 Å². The van der Waals surface area contributed by atoms with Crippen molar-refractivity contribution < 1.29 is 4.74 Å². The summed E-state index contributed by atoms with van der Waals surface area (Å²) in [4.78, 5) is 0.